The summed E-state index contributed by atoms with van der Waals surface area (Å²) >= 11 is 0. The highest BCUT2D eigenvalue weighted by Gasteiger charge is 2.60. The van der Waals surface area contributed by atoms with Gasteiger partial charge in [0.25, 0.3) is 5.56 Å². The van der Waals surface area contributed by atoms with Crippen LogP contribution in [0.25, 0.3) is 0 Å². The summed E-state index contributed by atoms with van der Waals surface area (Å²) < 4.78 is 5.12. The Kier molecular flexibility index (Phi) is 2.35. The van der Waals surface area contributed by atoms with Crippen LogP contribution in [-0.4, -0.2) is 28.5 Å². The number of hydrogen-bond acceptors (Lipinski definition) is 7. The summed E-state index contributed by atoms with van der Waals surface area (Å²) in [6.07, 6.45) is 0. The number of para-hydroxylation sites is 1. The van der Waals surface area contributed by atoms with Crippen LogP contribution in [0.2, 0.25) is 0 Å². The van der Waals surface area contributed by atoms with Crippen LogP contribution in [0.4, 0.5) is 17.5 Å². The van der Waals surface area contributed by atoms with Gasteiger partial charge in [0.2, 0.25) is 11.9 Å². The van der Waals surface area contributed by atoms with Crippen molar-refractivity contribution in [2.24, 2.45) is 0 Å². The summed E-state index contributed by atoms with van der Waals surface area (Å²) in [6, 6.07) is 6.91. The van der Waals surface area contributed by atoms with Gasteiger partial charge >= 0.3 is 5.97 Å². The number of nitrogens with one attached hydrogen (secondary N) is 3. The fourth-order valence-electron chi connectivity index (χ4n) is 3.83. The number of cyclic esters (lactones) is 1. The van der Waals surface area contributed by atoms with Crippen LogP contribution in [0, 0.1) is 0 Å². The lowest BCUT2D eigenvalue weighted by atomic mass is 9.68. The predicted molar refractivity (Wildman–Crippen MR) is 86.7 cm³/mol. The van der Waals surface area contributed by atoms with Crippen LogP contribution in [0.1, 0.15) is 11.1 Å². The minimum Gasteiger partial charge on any atom is -0.456 e. The number of nitrogens with two attached hydrogens (primary N) is 1. The van der Waals surface area contributed by atoms with Gasteiger partial charge in [-0.2, -0.15) is 4.98 Å². The Labute approximate surface area is 139 Å². The molecule has 1 spiro atoms. The van der Waals surface area contributed by atoms with Crippen molar-refractivity contribution in [3.63, 3.8) is 0 Å². The minimum atomic E-state index is -1.62. The van der Waals surface area contributed by atoms with E-state index >= 15 is 0 Å². The molecule has 5 rings (SSSR count). The molecule has 9 heteroatoms. The molecule has 0 bridgehead atoms. The summed E-state index contributed by atoms with van der Waals surface area (Å²) in [7, 11) is 0. The molecular weight excluding hydrogens is 326 g/mol. The highest BCUT2D eigenvalue weighted by atomic mass is 16.5. The van der Waals surface area contributed by atoms with E-state index in [1.165, 1.54) is 0 Å². The lowest BCUT2D eigenvalue weighted by Crippen LogP contribution is -2.47. The van der Waals surface area contributed by atoms with Gasteiger partial charge in [0.15, 0.2) is 0 Å². The number of nitrogens with zero attached hydrogens (tertiary/aromatic N) is 1. The minimum absolute atomic E-state index is 0.0286. The molecule has 1 aromatic heterocycles. The number of ether oxygens (including phenoxy) is 1. The maximum Gasteiger partial charge on any atom is 0.338 e. The number of amides is 1. The number of rotatable bonds is 0. The van der Waals surface area contributed by atoms with Gasteiger partial charge < -0.3 is 21.1 Å². The molecule has 0 saturated heterocycles. The van der Waals surface area contributed by atoms with Crippen molar-refractivity contribution in [1.82, 2.24) is 9.97 Å². The summed E-state index contributed by atoms with van der Waals surface area (Å²) in [5.74, 6) is -1.09. The van der Waals surface area contributed by atoms with Gasteiger partial charge in [0, 0.05) is 11.3 Å². The normalized spacial score (nSPS) is 22.9. The van der Waals surface area contributed by atoms with Gasteiger partial charge in [0.05, 0.1) is 16.8 Å². The molecule has 1 aromatic carbocycles. The Hall–Kier alpha value is -3.62. The zero-order chi connectivity index (χ0) is 17.3. The topological polar surface area (TPSA) is 139 Å². The molecule has 1 unspecified atom stereocenters. The van der Waals surface area contributed by atoms with Crippen molar-refractivity contribution < 1.29 is 14.3 Å². The van der Waals surface area contributed by atoms with E-state index in [2.05, 4.69) is 20.6 Å². The molecule has 0 fully saturated rings. The second kappa shape index (κ2) is 4.26. The molecule has 9 nitrogen and oxygen atoms in total. The van der Waals surface area contributed by atoms with E-state index in [0.29, 0.717) is 16.9 Å². The molecule has 1 atom stereocenters. The first kappa shape index (κ1) is 13.8. The quantitative estimate of drug-likeness (QED) is 0.489. The number of aromatic nitrogens is 2. The lowest BCUT2D eigenvalue weighted by molar-refractivity contribution is -0.137. The SMILES string of the molecule is Nc1nc2c(c(=O)[nH]1)C1(C(=O)Nc3ccccc31)C1=C(COC1=O)N2. The lowest BCUT2D eigenvalue weighted by Gasteiger charge is -2.32. The third-order valence-corrected chi connectivity index (χ3v) is 4.73. The van der Waals surface area contributed by atoms with E-state index in [4.69, 9.17) is 10.5 Å². The number of H-pyrrole nitrogens is 1. The largest absolute Gasteiger partial charge is 0.456 e. The second-order valence-corrected chi connectivity index (χ2v) is 5.98. The number of fused-ring (bicyclic) bond motifs is 5. The van der Waals surface area contributed by atoms with Crippen molar-refractivity contribution in [2.45, 2.75) is 5.41 Å². The average Bonchev–Trinajstić information content (AvgIpc) is 3.06. The zero-order valence-corrected chi connectivity index (χ0v) is 12.7. The number of carbonyl (C=O) groups is 2. The number of aromatic amines is 1. The molecule has 3 aliphatic heterocycles. The van der Waals surface area contributed by atoms with Crippen molar-refractivity contribution in [3.05, 3.63) is 57.0 Å². The van der Waals surface area contributed by atoms with Crippen molar-refractivity contribution in [3.8, 4) is 0 Å². The maximum absolute atomic E-state index is 13.1. The van der Waals surface area contributed by atoms with Crippen molar-refractivity contribution >= 4 is 29.3 Å². The summed E-state index contributed by atoms with van der Waals surface area (Å²) in [5.41, 5.74) is 5.02. The summed E-state index contributed by atoms with van der Waals surface area (Å²) in [4.78, 5) is 44.8. The van der Waals surface area contributed by atoms with E-state index in [1.807, 2.05) is 0 Å². The van der Waals surface area contributed by atoms with Gasteiger partial charge in [-0.1, -0.05) is 18.2 Å². The Morgan fingerprint density at radius 3 is 2.80 bits per heavy atom. The molecule has 124 valence electrons. The van der Waals surface area contributed by atoms with Crippen LogP contribution in [-0.2, 0) is 19.7 Å². The number of esters is 1. The van der Waals surface area contributed by atoms with Crippen LogP contribution in [0.3, 0.4) is 0 Å². The van der Waals surface area contributed by atoms with E-state index < -0.39 is 22.9 Å². The zero-order valence-electron chi connectivity index (χ0n) is 12.7. The van der Waals surface area contributed by atoms with E-state index in [0.717, 1.165) is 0 Å². The van der Waals surface area contributed by atoms with Gasteiger partial charge in [0.1, 0.15) is 17.8 Å². The number of anilines is 3. The fraction of sp³-hybridized carbons (Fsp3) is 0.125. The Balaban J connectivity index is 1.98. The van der Waals surface area contributed by atoms with Gasteiger partial charge in [-0.15, -0.1) is 0 Å². The van der Waals surface area contributed by atoms with Crippen molar-refractivity contribution in [1.29, 1.82) is 0 Å². The highest BCUT2D eigenvalue weighted by Crippen LogP contribution is 2.52. The van der Waals surface area contributed by atoms with Gasteiger partial charge in [-0.25, -0.2) is 4.79 Å². The summed E-state index contributed by atoms with van der Waals surface area (Å²) in [5, 5.41) is 5.67. The third-order valence-electron chi connectivity index (χ3n) is 4.73. The fourth-order valence-corrected chi connectivity index (χ4v) is 3.83. The third kappa shape index (κ3) is 1.47. The standard InChI is InChI=1S/C16H11N5O4/c17-15-20-11-10(12(22)21-15)16(9-8(18-11)5-25-13(9)23)6-3-1-2-4-7(6)19-14(16)24/h1-4H,5H2,(H,19,24)(H4,17,18,20,21,22). The molecule has 2 aromatic rings. The van der Waals surface area contributed by atoms with Crippen LogP contribution in [0.15, 0.2) is 40.3 Å². The first-order chi connectivity index (χ1) is 12.0. The Morgan fingerprint density at radius 2 is 1.96 bits per heavy atom. The van der Waals surface area contributed by atoms with Gasteiger partial charge in [-0.05, 0) is 6.07 Å². The molecular formula is C16H11N5O4. The predicted octanol–water partition coefficient (Wildman–Crippen LogP) is -0.173. The summed E-state index contributed by atoms with van der Waals surface area (Å²) in [6.45, 7) is -0.0286. The molecule has 5 N–H and O–H groups in total. The van der Waals surface area contributed by atoms with E-state index in [-0.39, 0.29) is 29.5 Å². The highest BCUT2D eigenvalue weighted by molar-refractivity contribution is 6.18. The van der Waals surface area contributed by atoms with Crippen LogP contribution in [0.5, 0.6) is 0 Å². The van der Waals surface area contributed by atoms with Crippen LogP contribution >= 0.6 is 0 Å². The first-order valence-corrected chi connectivity index (χ1v) is 7.52. The smallest absolute Gasteiger partial charge is 0.338 e. The number of hydrogen-bond donors (Lipinski definition) is 4. The first-order valence-electron chi connectivity index (χ1n) is 7.52. The van der Waals surface area contributed by atoms with E-state index in [9.17, 15) is 14.4 Å². The maximum atomic E-state index is 13.1. The van der Waals surface area contributed by atoms with E-state index in [1.54, 1.807) is 24.3 Å². The molecule has 4 heterocycles. The van der Waals surface area contributed by atoms with Gasteiger partial charge in [-0.3, -0.25) is 14.6 Å². The number of nitrogen functional groups attached to an aromatic ring is 1. The molecule has 25 heavy (non-hydrogen) atoms. The average molecular weight is 337 g/mol. The molecule has 3 aliphatic rings. The number of carbonyl (C=O) groups excluding carboxylic acids is 2. The molecule has 0 radical (unpaired) electrons. The molecule has 0 aliphatic carbocycles. The molecule has 1 amide bonds. The van der Waals surface area contributed by atoms with Crippen molar-refractivity contribution in [2.75, 3.05) is 23.0 Å². The monoisotopic (exact) mass is 337 g/mol. The molecule has 0 saturated carbocycles. The van der Waals surface area contributed by atoms with Crippen LogP contribution < -0.4 is 21.9 Å². The Bertz CT molecular complexity index is 1090. The second-order valence-electron chi connectivity index (χ2n) is 5.98. The number of benzene rings is 1. The Morgan fingerprint density at radius 1 is 1.16 bits per heavy atom.